The van der Waals surface area contributed by atoms with E-state index in [-0.39, 0.29) is 66.7 Å². The molecule has 0 bridgehead atoms. The predicted molar refractivity (Wildman–Crippen MR) is 140 cm³/mol. The maximum atomic E-state index is 15.0. The Bertz CT molecular complexity index is 1640. The minimum Gasteiger partial charge on any atom is -0.458 e. The van der Waals surface area contributed by atoms with Gasteiger partial charge in [-0.15, -0.1) is 0 Å². The van der Waals surface area contributed by atoms with Crippen LogP contribution in [0.25, 0.3) is 22.3 Å². The number of carbonyl (C=O) groups is 2. The summed E-state index contributed by atoms with van der Waals surface area (Å²) in [5, 5.41) is 15.0. The molecule has 0 spiro atoms. The number of hydrogen-bond acceptors (Lipinski definition) is 7. The Labute approximate surface area is 223 Å². The third kappa shape index (κ3) is 3.72. The number of fused-ring (bicyclic) bond motifs is 5. The van der Waals surface area contributed by atoms with Crippen molar-refractivity contribution >= 4 is 22.8 Å². The molecule has 204 valence electrons. The number of ether oxygens (including phenoxy) is 2. The molecule has 0 saturated heterocycles. The monoisotopic (exact) mass is 535 g/mol. The van der Waals surface area contributed by atoms with Crippen LogP contribution < -0.4 is 10.9 Å². The van der Waals surface area contributed by atoms with Crippen molar-refractivity contribution in [3.8, 4) is 11.4 Å². The minimum atomic E-state index is -1.94. The second-order valence-corrected chi connectivity index (χ2v) is 10.8. The summed E-state index contributed by atoms with van der Waals surface area (Å²) in [5.74, 6) is -1.43. The van der Waals surface area contributed by atoms with Crippen molar-refractivity contribution in [1.29, 1.82) is 0 Å². The van der Waals surface area contributed by atoms with Crippen molar-refractivity contribution in [3.05, 3.63) is 61.7 Å². The van der Waals surface area contributed by atoms with Crippen molar-refractivity contribution in [2.45, 2.75) is 77.9 Å². The van der Waals surface area contributed by atoms with Crippen LogP contribution in [0.1, 0.15) is 73.0 Å². The highest BCUT2D eigenvalue weighted by Gasteiger charge is 2.46. The molecule has 1 aliphatic carbocycles. The zero-order valence-electron chi connectivity index (χ0n) is 22.3. The molecule has 1 aromatic carbocycles. The fraction of sp³-hybridized carbons (Fsp3) is 0.448. The van der Waals surface area contributed by atoms with Gasteiger partial charge in [0.1, 0.15) is 19.0 Å². The van der Waals surface area contributed by atoms with Crippen LogP contribution in [0, 0.1) is 12.7 Å². The fourth-order valence-electron chi connectivity index (χ4n) is 6.18. The normalized spacial score (nSPS) is 21.0. The molecule has 3 aliphatic rings. The van der Waals surface area contributed by atoms with E-state index >= 15 is 0 Å². The Hall–Kier alpha value is -3.63. The first-order chi connectivity index (χ1) is 18.5. The molecule has 2 N–H and O–H groups in total. The van der Waals surface area contributed by atoms with Crippen molar-refractivity contribution in [2.24, 2.45) is 0 Å². The number of nitrogens with zero attached hydrogens (tertiary/aromatic N) is 2. The lowest BCUT2D eigenvalue weighted by Crippen LogP contribution is -2.44. The van der Waals surface area contributed by atoms with Gasteiger partial charge < -0.3 is 24.5 Å². The number of aryl methyl sites for hydroxylation is 1. The summed E-state index contributed by atoms with van der Waals surface area (Å²) in [7, 11) is 0. The highest BCUT2D eigenvalue weighted by Crippen LogP contribution is 2.45. The average Bonchev–Trinajstić information content (AvgIpc) is 3.27. The molecule has 2 atom stereocenters. The molecule has 10 heteroatoms. The summed E-state index contributed by atoms with van der Waals surface area (Å²) >= 11 is 0. The third-order valence-corrected chi connectivity index (χ3v) is 8.26. The number of aliphatic hydroxyl groups is 1. The Kier molecular flexibility index (Phi) is 5.89. The number of hydrogen-bond donors (Lipinski definition) is 2. The van der Waals surface area contributed by atoms with Gasteiger partial charge in [0.2, 0.25) is 5.91 Å². The molecule has 2 aromatic heterocycles. The van der Waals surface area contributed by atoms with Gasteiger partial charge in [-0.25, -0.2) is 14.2 Å². The SMILES string of the molecule is CCC1(O)C(=O)OCc2c1cc1n(c2=O)Cc2c-1nc1cc(F)c(C)c3c1c2C(NC(=O)COC(C)C)CC3. The lowest BCUT2D eigenvalue weighted by Gasteiger charge is -2.31. The van der Waals surface area contributed by atoms with Crippen LogP contribution in [0.3, 0.4) is 0 Å². The van der Waals surface area contributed by atoms with E-state index in [0.29, 0.717) is 35.3 Å². The average molecular weight is 536 g/mol. The molecule has 2 unspecified atom stereocenters. The molecule has 1 amide bonds. The van der Waals surface area contributed by atoms with Gasteiger partial charge in [-0.3, -0.25) is 9.59 Å². The third-order valence-electron chi connectivity index (χ3n) is 8.26. The molecule has 2 aliphatic heterocycles. The number of nitrogens with one attached hydrogen (secondary N) is 1. The largest absolute Gasteiger partial charge is 0.458 e. The van der Waals surface area contributed by atoms with E-state index in [1.54, 1.807) is 24.5 Å². The molecule has 39 heavy (non-hydrogen) atoms. The van der Waals surface area contributed by atoms with Crippen molar-refractivity contribution in [2.75, 3.05) is 6.61 Å². The van der Waals surface area contributed by atoms with E-state index in [1.807, 2.05) is 13.8 Å². The van der Waals surface area contributed by atoms with Gasteiger partial charge in [-0.1, -0.05) is 6.92 Å². The first-order valence-electron chi connectivity index (χ1n) is 13.3. The smallest absolute Gasteiger partial charge is 0.343 e. The van der Waals surface area contributed by atoms with Crippen LogP contribution in [0.2, 0.25) is 0 Å². The second-order valence-electron chi connectivity index (χ2n) is 10.8. The van der Waals surface area contributed by atoms with E-state index < -0.39 is 11.6 Å². The van der Waals surface area contributed by atoms with Gasteiger partial charge in [-0.05, 0) is 62.8 Å². The Morgan fingerprint density at radius 3 is 2.79 bits per heavy atom. The highest BCUT2D eigenvalue weighted by molar-refractivity contribution is 5.94. The number of halogens is 1. The number of rotatable bonds is 5. The first-order valence-corrected chi connectivity index (χ1v) is 13.3. The van der Waals surface area contributed by atoms with Crippen LogP contribution in [-0.2, 0) is 44.2 Å². The van der Waals surface area contributed by atoms with E-state index in [1.165, 1.54) is 6.07 Å². The standard InChI is InChI=1S/C29H30FN3O6/c1-5-29(37)18-8-22-26-16(10-33(22)27(35)17(18)11-39-28(29)36)25-20(31-23(34)12-38-13(2)3)7-6-15-14(4)19(30)9-21(32-26)24(15)25/h8-9,13,20,37H,5-7,10-12H2,1-4H3,(H,31,34). The predicted octanol–water partition coefficient (Wildman–Crippen LogP) is 3.06. The first kappa shape index (κ1) is 25.6. The lowest BCUT2D eigenvalue weighted by atomic mass is 9.81. The number of esters is 1. The molecule has 9 nitrogen and oxygen atoms in total. The number of benzene rings is 1. The summed E-state index contributed by atoms with van der Waals surface area (Å²) in [4.78, 5) is 43.8. The van der Waals surface area contributed by atoms with Gasteiger partial charge in [0.15, 0.2) is 5.60 Å². The summed E-state index contributed by atoms with van der Waals surface area (Å²) in [6.45, 7) is 6.98. The molecule has 6 rings (SSSR count). The summed E-state index contributed by atoms with van der Waals surface area (Å²) in [6, 6.07) is 2.64. The lowest BCUT2D eigenvalue weighted by molar-refractivity contribution is -0.172. The number of cyclic esters (lactones) is 1. The fourth-order valence-corrected chi connectivity index (χ4v) is 6.18. The zero-order valence-corrected chi connectivity index (χ0v) is 22.3. The number of carbonyl (C=O) groups excluding carboxylic acids is 2. The van der Waals surface area contributed by atoms with E-state index in [9.17, 15) is 23.9 Å². The van der Waals surface area contributed by atoms with Crippen LogP contribution >= 0.6 is 0 Å². The van der Waals surface area contributed by atoms with Crippen LogP contribution in [-0.4, -0.2) is 39.2 Å². The van der Waals surface area contributed by atoms with Gasteiger partial charge in [0.05, 0.1) is 41.2 Å². The van der Waals surface area contributed by atoms with Crippen LogP contribution in [0.15, 0.2) is 16.9 Å². The van der Waals surface area contributed by atoms with Crippen LogP contribution in [0.5, 0.6) is 0 Å². The Morgan fingerprint density at radius 1 is 1.31 bits per heavy atom. The quantitative estimate of drug-likeness (QED) is 0.377. The second kappa shape index (κ2) is 8.96. The molecular weight excluding hydrogens is 505 g/mol. The highest BCUT2D eigenvalue weighted by atomic mass is 19.1. The van der Waals surface area contributed by atoms with E-state index in [4.69, 9.17) is 14.5 Å². The summed E-state index contributed by atoms with van der Waals surface area (Å²) in [5.41, 5.74) is 2.44. The summed E-state index contributed by atoms with van der Waals surface area (Å²) < 4.78 is 27.2. The van der Waals surface area contributed by atoms with Gasteiger partial charge >= 0.3 is 5.97 Å². The van der Waals surface area contributed by atoms with Crippen molar-refractivity contribution in [1.82, 2.24) is 14.9 Å². The zero-order chi connectivity index (χ0) is 27.8. The van der Waals surface area contributed by atoms with Gasteiger partial charge in [0.25, 0.3) is 5.56 Å². The Morgan fingerprint density at radius 2 is 2.08 bits per heavy atom. The molecular formula is C29H30FN3O6. The maximum Gasteiger partial charge on any atom is 0.343 e. The number of pyridine rings is 2. The maximum absolute atomic E-state index is 15.0. The molecule has 3 aromatic rings. The molecule has 4 heterocycles. The number of aromatic nitrogens is 2. The van der Waals surface area contributed by atoms with E-state index in [2.05, 4.69) is 5.32 Å². The number of amides is 1. The molecule has 0 radical (unpaired) electrons. The van der Waals surface area contributed by atoms with Crippen LogP contribution in [0.4, 0.5) is 4.39 Å². The minimum absolute atomic E-state index is 0.0331. The van der Waals surface area contributed by atoms with Gasteiger partial charge in [0, 0.05) is 22.6 Å². The van der Waals surface area contributed by atoms with Gasteiger partial charge in [-0.2, -0.15) is 0 Å². The topological polar surface area (TPSA) is 120 Å². The Balaban J connectivity index is 1.57. The van der Waals surface area contributed by atoms with Crippen molar-refractivity contribution < 1.29 is 28.6 Å². The summed E-state index contributed by atoms with van der Waals surface area (Å²) in [6.07, 6.45) is 1.05. The molecule has 0 saturated carbocycles. The van der Waals surface area contributed by atoms with Crippen molar-refractivity contribution in [3.63, 3.8) is 0 Å². The molecule has 0 fully saturated rings. The van der Waals surface area contributed by atoms with E-state index in [0.717, 1.165) is 22.1 Å².